The van der Waals surface area contributed by atoms with Gasteiger partial charge in [0.05, 0.1) is 0 Å². The zero-order valence-corrected chi connectivity index (χ0v) is 8.38. The second kappa shape index (κ2) is 3.69. The fourth-order valence-corrected chi connectivity index (χ4v) is 2.33. The highest BCUT2D eigenvalue weighted by Crippen LogP contribution is 2.29. The summed E-state index contributed by atoms with van der Waals surface area (Å²) in [6.07, 6.45) is 7.16. The van der Waals surface area contributed by atoms with Gasteiger partial charge in [-0.25, -0.2) is 0 Å². The van der Waals surface area contributed by atoms with Gasteiger partial charge in [0.1, 0.15) is 0 Å². The molecule has 0 aliphatic heterocycles. The lowest BCUT2D eigenvalue weighted by molar-refractivity contribution is -0.128. The van der Waals surface area contributed by atoms with Gasteiger partial charge in [-0.2, -0.15) is 0 Å². The molecule has 2 aliphatic carbocycles. The first-order valence-electron chi connectivity index (χ1n) is 5.56. The maximum Gasteiger partial charge on any atom is 0.223 e. The Balaban J connectivity index is 1.74. The molecule has 2 fully saturated rings. The average molecular weight is 181 g/mol. The van der Waals surface area contributed by atoms with Gasteiger partial charge in [0.25, 0.3) is 0 Å². The highest BCUT2D eigenvalue weighted by Gasteiger charge is 2.29. The molecule has 74 valence electrons. The topological polar surface area (TPSA) is 29.1 Å². The zero-order valence-electron chi connectivity index (χ0n) is 8.38. The molecule has 0 spiro atoms. The zero-order chi connectivity index (χ0) is 9.26. The Kier molecular flexibility index (Phi) is 2.56. The maximum absolute atomic E-state index is 11.6. The first-order chi connectivity index (χ1) is 6.25. The van der Waals surface area contributed by atoms with Crippen molar-refractivity contribution in [1.29, 1.82) is 0 Å². The first-order valence-corrected chi connectivity index (χ1v) is 5.56. The highest BCUT2D eigenvalue weighted by molar-refractivity contribution is 5.79. The molecule has 2 aliphatic rings. The summed E-state index contributed by atoms with van der Waals surface area (Å²) < 4.78 is 0. The van der Waals surface area contributed by atoms with Crippen LogP contribution in [0.5, 0.6) is 0 Å². The number of amides is 1. The van der Waals surface area contributed by atoms with Crippen LogP contribution in [0.2, 0.25) is 0 Å². The van der Waals surface area contributed by atoms with Crippen molar-refractivity contribution < 1.29 is 4.79 Å². The third-order valence-corrected chi connectivity index (χ3v) is 3.52. The van der Waals surface area contributed by atoms with Crippen molar-refractivity contribution in [2.45, 2.75) is 51.5 Å². The molecule has 0 heterocycles. The summed E-state index contributed by atoms with van der Waals surface area (Å²) in [6.45, 7) is 2.27. The molecule has 2 atom stereocenters. The smallest absolute Gasteiger partial charge is 0.223 e. The van der Waals surface area contributed by atoms with Gasteiger partial charge in [0.15, 0.2) is 0 Å². The van der Waals surface area contributed by atoms with E-state index in [0.29, 0.717) is 17.9 Å². The molecule has 0 bridgehead atoms. The summed E-state index contributed by atoms with van der Waals surface area (Å²) >= 11 is 0. The molecule has 1 N–H and O–H groups in total. The van der Waals surface area contributed by atoms with Crippen LogP contribution >= 0.6 is 0 Å². The molecule has 2 heteroatoms. The lowest BCUT2D eigenvalue weighted by atomic mass is 9.84. The first kappa shape index (κ1) is 9.04. The van der Waals surface area contributed by atoms with Gasteiger partial charge in [-0.3, -0.25) is 4.79 Å². The van der Waals surface area contributed by atoms with Crippen LogP contribution in [0.15, 0.2) is 0 Å². The van der Waals surface area contributed by atoms with Crippen LogP contribution in [0.1, 0.15) is 45.4 Å². The SMILES string of the molecule is CC1CCC(NC(=O)C2CCC2)C1. The van der Waals surface area contributed by atoms with E-state index in [-0.39, 0.29) is 0 Å². The van der Waals surface area contributed by atoms with Crippen molar-refractivity contribution in [2.24, 2.45) is 11.8 Å². The fraction of sp³-hybridized carbons (Fsp3) is 0.909. The molecule has 0 aromatic carbocycles. The van der Waals surface area contributed by atoms with E-state index in [1.807, 2.05) is 0 Å². The molecule has 2 nitrogen and oxygen atoms in total. The number of nitrogens with one attached hydrogen (secondary N) is 1. The molecule has 0 aromatic rings. The van der Waals surface area contributed by atoms with Crippen LogP contribution < -0.4 is 5.32 Å². The third-order valence-electron chi connectivity index (χ3n) is 3.52. The van der Waals surface area contributed by atoms with E-state index in [2.05, 4.69) is 12.2 Å². The van der Waals surface area contributed by atoms with E-state index in [9.17, 15) is 4.79 Å². The van der Waals surface area contributed by atoms with Gasteiger partial charge >= 0.3 is 0 Å². The third kappa shape index (κ3) is 2.04. The highest BCUT2D eigenvalue weighted by atomic mass is 16.2. The van der Waals surface area contributed by atoms with E-state index in [1.54, 1.807) is 0 Å². The fourth-order valence-electron chi connectivity index (χ4n) is 2.33. The molecule has 2 unspecified atom stereocenters. The molecular weight excluding hydrogens is 162 g/mol. The number of carbonyl (C=O) groups is 1. The van der Waals surface area contributed by atoms with Crippen LogP contribution in [0.4, 0.5) is 0 Å². The van der Waals surface area contributed by atoms with Crippen molar-refractivity contribution in [1.82, 2.24) is 5.32 Å². The summed E-state index contributed by atoms with van der Waals surface area (Å²) in [6, 6.07) is 0.489. The number of hydrogen-bond acceptors (Lipinski definition) is 1. The van der Waals surface area contributed by atoms with Gasteiger partial charge in [-0.1, -0.05) is 13.3 Å². The van der Waals surface area contributed by atoms with Gasteiger partial charge < -0.3 is 5.32 Å². The Morgan fingerprint density at radius 3 is 2.46 bits per heavy atom. The Morgan fingerprint density at radius 1 is 1.23 bits per heavy atom. The summed E-state index contributed by atoms with van der Waals surface area (Å²) in [5.41, 5.74) is 0. The van der Waals surface area contributed by atoms with Gasteiger partial charge in [0.2, 0.25) is 5.91 Å². The Hall–Kier alpha value is -0.530. The summed E-state index contributed by atoms with van der Waals surface area (Å²) in [4.78, 5) is 11.6. The molecular formula is C11H19NO. The summed E-state index contributed by atoms with van der Waals surface area (Å²) in [5, 5.41) is 3.17. The largest absolute Gasteiger partial charge is 0.353 e. The normalized spacial score (nSPS) is 34.2. The molecule has 0 aromatic heterocycles. The second-order valence-electron chi connectivity index (χ2n) is 4.75. The Labute approximate surface area is 80.1 Å². The number of hydrogen-bond donors (Lipinski definition) is 1. The van der Waals surface area contributed by atoms with Gasteiger partial charge in [-0.15, -0.1) is 0 Å². The van der Waals surface area contributed by atoms with Crippen LogP contribution in [0.3, 0.4) is 0 Å². The molecule has 0 saturated heterocycles. The average Bonchev–Trinajstić information content (AvgIpc) is 2.31. The van der Waals surface area contributed by atoms with Crippen molar-refractivity contribution in [3.63, 3.8) is 0 Å². The minimum atomic E-state index is 0.324. The van der Waals surface area contributed by atoms with Crippen LogP contribution in [-0.4, -0.2) is 11.9 Å². The van der Waals surface area contributed by atoms with E-state index < -0.39 is 0 Å². The number of rotatable bonds is 2. The van der Waals surface area contributed by atoms with Crippen molar-refractivity contribution in [2.75, 3.05) is 0 Å². The monoisotopic (exact) mass is 181 g/mol. The predicted molar refractivity (Wildman–Crippen MR) is 52.3 cm³/mol. The minimum absolute atomic E-state index is 0.324. The standard InChI is InChI=1S/C11H19NO/c1-8-5-6-10(7-8)12-11(13)9-3-2-4-9/h8-10H,2-7H2,1H3,(H,12,13). The predicted octanol–water partition coefficient (Wildman–Crippen LogP) is 2.09. The lowest BCUT2D eigenvalue weighted by Crippen LogP contribution is -2.39. The molecule has 1 amide bonds. The van der Waals surface area contributed by atoms with Crippen LogP contribution in [-0.2, 0) is 4.79 Å². The Morgan fingerprint density at radius 2 is 2.00 bits per heavy atom. The van der Waals surface area contributed by atoms with Crippen LogP contribution in [0, 0.1) is 11.8 Å². The quantitative estimate of drug-likeness (QED) is 0.694. The molecule has 2 rings (SSSR count). The summed E-state index contributed by atoms with van der Waals surface area (Å²) in [5.74, 6) is 1.49. The van der Waals surface area contributed by atoms with Crippen molar-refractivity contribution in [3.8, 4) is 0 Å². The van der Waals surface area contributed by atoms with E-state index in [4.69, 9.17) is 0 Å². The second-order valence-corrected chi connectivity index (χ2v) is 4.75. The van der Waals surface area contributed by atoms with E-state index in [1.165, 1.54) is 25.7 Å². The van der Waals surface area contributed by atoms with Crippen molar-refractivity contribution >= 4 is 5.91 Å². The van der Waals surface area contributed by atoms with E-state index >= 15 is 0 Å². The van der Waals surface area contributed by atoms with Crippen LogP contribution in [0.25, 0.3) is 0 Å². The number of carbonyl (C=O) groups excluding carboxylic acids is 1. The van der Waals surface area contributed by atoms with Gasteiger partial charge in [-0.05, 0) is 38.0 Å². The molecule has 2 saturated carbocycles. The maximum atomic E-state index is 11.6. The summed E-state index contributed by atoms with van der Waals surface area (Å²) in [7, 11) is 0. The molecule has 13 heavy (non-hydrogen) atoms. The van der Waals surface area contributed by atoms with Gasteiger partial charge in [0, 0.05) is 12.0 Å². The van der Waals surface area contributed by atoms with Crippen molar-refractivity contribution in [3.05, 3.63) is 0 Å². The van der Waals surface area contributed by atoms with E-state index in [0.717, 1.165) is 18.8 Å². The Bertz CT molecular complexity index is 198. The lowest BCUT2D eigenvalue weighted by Gasteiger charge is -2.26. The minimum Gasteiger partial charge on any atom is -0.353 e. The molecule has 0 radical (unpaired) electrons.